The summed E-state index contributed by atoms with van der Waals surface area (Å²) in [6.45, 7) is 7.07. The van der Waals surface area contributed by atoms with Crippen LogP contribution >= 0.6 is 23.2 Å². The second-order valence-corrected chi connectivity index (χ2v) is 10.6. The van der Waals surface area contributed by atoms with Crippen LogP contribution < -0.4 is 9.62 Å². The molecule has 0 bridgehead atoms. The minimum atomic E-state index is -3.78. The number of carbonyl (C=O) groups is 2. The molecule has 1 atom stereocenters. The molecule has 0 spiro atoms. The fourth-order valence-corrected chi connectivity index (χ4v) is 4.65. The van der Waals surface area contributed by atoms with E-state index in [1.807, 2.05) is 13.0 Å². The summed E-state index contributed by atoms with van der Waals surface area (Å²) in [7, 11) is -3.78. The lowest BCUT2D eigenvalue weighted by atomic mass is 10.1. The van der Waals surface area contributed by atoms with Gasteiger partial charge in [0.05, 0.1) is 22.0 Å². The van der Waals surface area contributed by atoms with Gasteiger partial charge in [-0.15, -0.1) is 0 Å². The SMILES string of the molecule is CCNC(=O)C(C)N(Cc1ccc(Cl)c(Cl)c1)C(=O)CN(c1ccc(C)cc1C)S(C)(=O)=O. The van der Waals surface area contributed by atoms with Gasteiger partial charge >= 0.3 is 0 Å². The van der Waals surface area contributed by atoms with Gasteiger partial charge < -0.3 is 10.2 Å². The number of halogens is 2. The zero-order valence-corrected chi connectivity index (χ0v) is 21.7. The predicted octanol–water partition coefficient (Wildman–Crippen LogP) is 3.93. The molecular weight excluding hydrogens is 485 g/mol. The van der Waals surface area contributed by atoms with Gasteiger partial charge in [-0.05, 0) is 57.0 Å². The fraction of sp³-hybridized carbons (Fsp3) is 0.391. The summed E-state index contributed by atoms with van der Waals surface area (Å²) in [6, 6.07) is 9.41. The summed E-state index contributed by atoms with van der Waals surface area (Å²) in [6.07, 6.45) is 1.05. The Morgan fingerprint density at radius 2 is 1.73 bits per heavy atom. The third kappa shape index (κ3) is 7.09. The van der Waals surface area contributed by atoms with Gasteiger partial charge in [-0.1, -0.05) is 47.0 Å². The number of hydrogen-bond acceptors (Lipinski definition) is 4. The Morgan fingerprint density at radius 1 is 1.06 bits per heavy atom. The van der Waals surface area contributed by atoms with Crippen LogP contribution in [0.3, 0.4) is 0 Å². The van der Waals surface area contributed by atoms with E-state index in [0.29, 0.717) is 27.8 Å². The van der Waals surface area contributed by atoms with Gasteiger partial charge in [-0.3, -0.25) is 13.9 Å². The molecule has 0 aliphatic rings. The first-order valence-electron chi connectivity index (χ1n) is 10.4. The number of amides is 2. The monoisotopic (exact) mass is 513 g/mol. The van der Waals surface area contributed by atoms with Crippen LogP contribution in [-0.4, -0.2) is 50.5 Å². The van der Waals surface area contributed by atoms with E-state index in [4.69, 9.17) is 23.2 Å². The van der Waals surface area contributed by atoms with Crippen molar-refractivity contribution in [3.8, 4) is 0 Å². The number of nitrogens with zero attached hydrogens (tertiary/aromatic N) is 2. The Hall–Kier alpha value is -2.29. The highest BCUT2D eigenvalue weighted by Gasteiger charge is 2.30. The van der Waals surface area contributed by atoms with Crippen LogP contribution in [0, 0.1) is 13.8 Å². The Bertz CT molecular complexity index is 1140. The third-order valence-electron chi connectivity index (χ3n) is 5.16. The highest BCUT2D eigenvalue weighted by Crippen LogP contribution is 2.26. The van der Waals surface area contributed by atoms with Gasteiger partial charge in [-0.25, -0.2) is 8.42 Å². The van der Waals surface area contributed by atoms with Crippen molar-refractivity contribution in [2.45, 2.75) is 40.3 Å². The molecule has 1 unspecified atom stereocenters. The van der Waals surface area contributed by atoms with Crippen LogP contribution in [0.25, 0.3) is 0 Å². The van der Waals surface area contributed by atoms with Crippen LogP contribution in [0.2, 0.25) is 10.0 Å². The van der Waals surface area contributed by atoms with Crippen molar-refractivity contribution in [3.63, 3.8) is 0 Å². The summed E-state index contributed by atoms with van der Waals surface area (Å²) in [4.78, 5) is 27.3. The second-order valence-electron chi connectivity index (χ2n) is 7.90. The van der Waals surface area contributed by atoms with Crippen molar-refractivity contribution in [1.29, 1.82) is 0 Å². The Kier molecular flexibility index (Phi) is 9.17. The summed E-state index contributed by atoms with van der Waals surface area (Å²) in [5, 5.41) is 3.39. The Morgan fingerprint density at radius 3 is 2.27 bits per heavy atom. The normalized spacial score (nSPS) is 12.2. The van der Waals surface area contributed by atoms with Crippen molar-refractivity contribution in [1.82, 2.24) is 10.2 Å². The molecule has 10 heteroatoms. The predicted molar refractivity (Wildman–Crippen MR) is 133 cm³/mol. The van der Waals surface area contributed by atoms with Crippen molar-refractivity contribution in [2.24, 2.45) is 0 Å². The van der Waals surface area contributed by atoms with E-state index in [-0.39, 0.29) is 12.5 Å². The average Bonchev–Trinajstić information content (AvgIpc) is 2.72. The van der Waals surface area contributed by atoms with Gasteiger partial charge in [0.1, 0.15) is 12.6 Å². The van der Waals surface area contributed by atoms with E-state index in [1.54, 1.807) is 51.1 Å². The number of anilines is 1. The maximum absolute atomic E-state index is 13.4. The number of nitrogens with one attached hydrogen (secondary N) is 1. The first kappa shape index (κ1) is 27.0. The van der Waals surface area contributed by atoms with Crippen molar-refractivity contribution in [2.75, 3.05) is 23.7 Å². The number of hydrogen-bond donors (Lipinski definition) is 1. The molecule has 0 heterocycles. The second kappa shape index (κ2) is 11.2. The summed E-state index contributed by atoms with van der Waals surface area (Å²) in [5.41, 5.74) is 2.77. The smallest absolute Gasteiger partial charge is 0.244 e. The molecule has 0 saturated carbocycles. The lowest BCUT2D eigenvalue weighted by Crippen LogP contribution is -2.51. The molecule has 0 aromatic heterocycles. The molecule has 0 fully saturated rings. The molecule has 180 valence electrons. The largest absolute Gasteiger partial charge is 0.355 e. The van der Waals surface area contributed by atoms with Crippen molar-refractivity contribution >= 4 is 50.7 Å². The zero-order chi connectivity index (χ0) is 24.9. The van der Waals surface area contributed by atoms with E-state index in [0.717, 1.165) is 21.7 Å². The van der Waals surface area contributed by atoms with Crippen molar-refractivity contribution < 1.29 is 18.0 Å². The number of likely N-dealkylation sites (N-methyl/N-ethyl adjacent to an activating group) is 1. The zero-order valence-electron chi connectivity index (χ0n) is 19.4. The molecule has 0 aliphatic carbocycles. The standard InChI is InChI=1S/C23H29Cl2N3O4S/c1-6-26-23(30)17(4)27(13-18-8-9-19(24)20(25)12-18)22(29)14-28(33(5,31)32)21-10-7-15(2)11-16(21)3/h7-12,17H,6,13-14H2,1-5H3,(H,26,30). The molecule has 2 aromatic carbocycles. The number of carbonyl (C=O) groups excluding carboxylic acids is 2. The van der Waals surface area contributed by atoms with Crippen LogP contribution in [0.15, 0.2) is 36.4 Å². The molecule has 0 saturated heterocycles. The third-order valence-corrected chi connectivity index (χ3v) is 7.02. The molecule has 2 amide bonds. The lowest BCUT2D eigenvalue weighted by molar-refractivity contribution is -0.139. The topological polar surface area (TPSA) is 86.8 Å². The van der Waals surface area contributed by atoms with E-state index < -0.39 is 28.5 Å². The van der Waals surface area contributed by atoms with Crippen molar-refractivity contribution in [3.05, 3.63) is 63.1 Å². The van der Waals surface area contributed by atoms with Crippen LogP contribution in [-0.2, 0) is 26.2 Å². The number of sulfonamides is 1. The van der Waals surface area contributed by atoms with E-state index in [2.05, 4.69) is 5.32 Å². The number of benzene rings is 2. The van der Waals surface area contributed by atoms with Crippen LogP contribution in [0.5, 0.6) is 0 Å². The van der Waals surface area contributed by atoms with Gasteiger partial charge in [0.25, 0.3) is 0 Å². The van der Waals surface area contributed by atoms with Gasteiger partial charge in [-0.2, -0.15) is 0 Å². The summed E-state index contributed by atoms with van der Waals surface area (Å²) >= 11 is 12.1. The van der Waals surface area contributed by atoms with E-state index in [9.17, 15) is 18.0 Å². The molecule has 0 aliphatic heterocycles. The quantitative estimate of drug-likeness (QED) is 0.550. The molecule has 7 nitrogen and oxygen atoms in total. The van der Waals surface area contributed by atoms with Gasteiger partial charge in [0, 0.05) is 13.1 Å². The van der Waals surface area contributed by atoms with Crippen LogP contribution in [0.1, 0.15) is 30.5 Å². The lowest BCUT2D eigenvalue weighted by Gasteiger charge is -2.32. The summed E-state index contributed by atoms with van der Waals surface area (Å²) in [5.74, 6) is -0.867. The minimum Gasteiger partial charge on any atom is -0.355 e. The molecule has 2 aromatic rings. The first-order valence-corrected chi connectivity index (χ1v) is 13.0. The molecule has 33 heavy (non-hydrogen) atoms. The average molecular weight is 514 g/mol. The van der Waals surface area contributed by atoms with E-state index in [1.165, 1.54) is 4.90 Å². The highest BCUT2D eigenvalue weighted by atomic mass is 35.5. The minimum absolute atomic E-state index is 0.0541. The highest BCUT2D eigenvalue weighted by molar-refractivity contribution is 7.92. The van der Waals surface area contributed by atoms with Crippen LogP contribution in [0.4, 0.5) is 5.69 Å². The molecule has 2 rings (SSSR count). The molecule has 0 radical (unpaired) electrons. The fourth-order valence-electron chi connectivity index (χ4n) is 3.42. The Labute approximate surface area is 205 Å². The van der Waals surface area contributed by atoms with Gasteiger partial charge in [0.2, 0.25) is 21.8 Å². The maximum atomic E-state index is 13.4. The molecule has 1 N–H and O–H groups in total. The number of aryl methyl sites for hydroxylation is 2. The maximum Gasteiger partial charge on any atom is 0.244 e. The summed E-state index contributed by atoms with van der Waals surface area (Å²) < 4.78 is 26.3. The molecular formula is C23H29Cl2N3O4S. The Balaban J connectivity index is 2.43. The number of rotatable bonds is 9. The van der Waals surface area contributed by atoms with Gasteiger partial charge in [0.15, 0.2) is 0 Å². The first-order chi connectivity index (χ1) is 15.3. The van der Waals surface area contributed by atoms with E-state index >= 15 is 0 Å².